The van der Waals surface area contributed by atoms with Gasteiger partial charge in [0.1, 0.15) is 0 Å². The van der Waals surface area contributed by atoms with Crippen molar-refractivity contribution in [2.24, 2.45) is 0 Å². The van der Waals surface area contributed by atoms with Gasteiger partial charge < -0.3 is 0 Å². The molecule has 0 N–H and O–H groups in total. The maximum absolute atomic E-state index is 14.1. The lowest BCUT2D eigenvalue weighted by Crippen LogP contribution is -2.57. The summed E-state index contributed by atoms with van der Waals surface area (Å²) in [5.74, 6) is 0. The van der Waals surface area contributed by atoms with E-state index in [2.05, 4.69) is 103 Å². The van der Waals surface area contributed by atoms with Crippen LogP contribution >= 0.6 is 0 Å². The third-order valence-corrected chi connectivity index (χ3v) is 12.4. The molecule has 0 bridgehead atoms. The molecule has 0 spiro atoms. The van der Waals surface area contributed by atoms with Crippen molar-refractivity contribution in [1.82, 2.24) is 4.98 Å². The Hall–Kier alpha value is -6.30. The largest absolute Gasteiger partial charge is 0.248 e. The Morgan fingerprint density at radius 3 is 1.62 bits per heavy atom. The third kappa shape index (κ3) is 4.81. The van der Waals surface area contributed by atoms with Crippen LogP contribution in [-0.4, -0.2) is 20.1 Å². The highest BCUT2D eigenvalue weighted by Crippen LogP contribution is 2.37. The Bertz CT molecular complexity index is 2960. The van der Waals surface area contributed by atoms with Gasteiger partial charge in [-0.25, -0.2) is 13.4 Å². The van der Waals surface area contributed by atoms with Crippen molar-refractivity contribution < 1.29 is 8.42 Å². The molecule has 1 aliphatic rings. The van der Waals surface area contributed by atoms with Gasteiger partial charge in [0, 0.05) is 11.1 Å². The number of benzene rings is 8. The van der Waals surface area contributed by atoms with Gasteiger partial charge in [0.15, 0.2) is 0 Å². The first-order chi connectivity index (χ1) is 25.5. The van der Waals surface area contributed by atoms with Crippen molar-refractivity contribution in [3.05, 3.63) is 182 Å². The van der Waals surface area contributed by atoms with Crippen LogP contribution in [0.5, 0.6) is 0 Å². The molecule has 0 fully saturated rings. The molecule has 1 aromatic heterocycles. The van der Waals surface area contributed by atoms with Crippen LogP contribution in [0.4, 0.5) is 0 Å². The van der Waals surface area contributed by atoms with Crippen molar-refractivity contribution in [2.45, 2.75) is 9.79 Å². The van der Waals surface area contributed by atoms with Crippen LogP contribution in [0.3, 0.4) is 0 Å². The summed E-state index contributed by atoms with van der Waals surface area (Å²) >= 11 is 0. The summed E-state index contributed by atoms with van der Waals surface area (Å²) in [6.45, 7) is -0.171. The Morgan fingerprint density at radius 2 is 0.885 bits per heavy atom. The second-order valence-electron chi connectivity index (χ2n) is 13.5. The molecule has 0 unspecified atom stereocenters. The second-order valence-corrected chi connectivity index (χ2v) is 15.4. The van der Waals surface area contributed by atoms with E-state index in [0.29, 0.717) is 9.79 Å². The van der Waals surface area contributed by atoms with Gasteiger partial charge in [-0.1, -0.05) is 151 Å². The molecular formula is C47H30BNO2S. The van der Waals surface area contributed by atoms with Crippen LogP contribution in [0, 0.1) is 0 Å². The lowest BCUT2D eigenvalue weighted by Gasteiger charge is -2.27. The third-order valence-electron chi connectivity index (χ3n) is 10.5. The van der Waals surface area contributed by atoms with Gasteiger partial charge >= 0.3 is 0 Å². The Labute approximate surface area is 302 Å². The second kappa shape index (κ2) is 11.9. The van der Waals surface area contributed by atoms with Crippen LogP contribution in [0.15, 0.2) is 192 Å². The molecule has 0 aliphatic carbocycles. The first-order valence-corrected chi connectivity index (χ1v) is 19.0. The number of hydrogen-bond acceptors (Lipinski definition) is 3. The molecule has 5 heteroatoms. The van der Waals surface area contributed by atoms with E-state index in [1.165, 1.54) is 32.3 Å². The fourth-order valence-electron chi connectivity index (χ4n) is 8.12. The number of sulfone groups is 1. The highest BCUT2D eigenvalue weighted by molar-refractivity contribution is 7.92. The van der Waals surface area contributed by atoms with E-state index >= 15 is 0 Å². The minimum Gasteiger partial charge on any atom is -0.248 e. The van der Waals surface area contributed by atoms with E-state index in [1.807, 2.05) is 66.7 Å². The SMILES string of the molecule is O=S1(=O)c2ccccc2B(c2ccccc2)c2ccc(-c3cccc(-c4cccc(-c5ccc6c7ccccc7c7ccccc7c6c5)n4)c3)cc21. The summed E-state index contributed by atoms with van der Waals surface area (Å²) in [7, 11) is -3.73. The standard InChI is InChI=1S/C47H30BNO2S/c50-52(51)46-23-9-8-20-42(46)48(35-14-2-1-3-15-35)43-27-25-32(30-47(43)52)31-12-10-13-33(28-31)44-21-11-22-45(49-44)34-24-26-40-38-18-5-4-16-36(38)37-17-6-7-19-39(37)41(40)29-34/h1-30H. The number of pyridine rings is 1. The van der Waals surface area contributed by atoms with Crippen molar-refractivity contribution in [3.63, 3.8) is 0 Å². The molecule has 52 heavy (non-hydrogen) atoms. The average Bonchev–Trinajstić information content (AvgIpc) is 3.21. The molecule has 0 atom stereocenters. The number of aromatic nitrogens is 1. The predicted octanol–water partition coefficient (Wildman–Crippen LogP) is 9.20. The normalized spacial score (nSPS) is 13.3. The fraction of sp³-hybridized carbons (Fsp3) is 0. The van der Waals surface area contributed by atoms with Gasteiger partial charge in [0.05, 0.1) is 21.2 Å². The molecule has 8 aromatic carbocycles. The van der Waals surface area contributed by atoms with Crippen molar-refractivity contribution in [3.8, 4) is 33.6 Å². The molecule has 0 amide bonds. The highest BCUT2D eigenvalue weighted by Gasteiger charge is 2.38. The molecule has 0 radical (unpaired) electrons. The number of rotatable bonds is 4. The van der Waals surface area contributed by atoms with Gasteiger partial charge in [-0.3, -0.25) is 0 Å². The zero-order valence-electron chi connectivity index (χ0n) is 28.1. The van der Waals surface area contributed by atoms with Crippen LogP contribution < -0.4 is 16.4 Å². The number of hydrogen-bond donors (Lipinski definition) is 0. The first kappa shape index (κ1) is 30.5. The first-order valence-electron chi connectivity index (χ1n) is 17.5. The van der Waals surface area contributed by atoms with Crippen molar-refractivity contribution >= 4 is 65.3 Å². The predicted molar refractivity (Wildman–Crippen MR) is 216 cm³/mol. The highest BCUT2D eigenvalue weighted by atomic mass is 32.2. The van der Waals surface area contributed by atoms with Crippen LogP contribution in [0.25, 0.3) is 66.0 Å². The molecule has 3 nitrogen and oxygen atoms in total. The average molecular weight is 684 g/mol. The van der Waals surface area contributed by atoms with E-state index in [9.17, 15) is 8.42 Å². The summed E-state index contributed by atoms with van der Waals surface area (Å²) in [4.78, 5) is 5.90. The molecule has 244 valence electrons. The lowest BCUT2D eigenvalue weighted by atomic mass is 9.36. The topological polar surface area (TPSA) is 47.0 Å². The molecule has 0 saturated heterocycles. The molecule has 10 rings (SSSR count). The zero-order valence-corrected chi connectivity index (χ0v) is 28.9. The van der Waals surface area contributed by atoms with E-state index in [-0.39, 0.29) is 6.71 Å². The van der Waals surface area contributed by atoms with Gasteiger partial charge in [0.2, 0.25) is 16.6 Å². The Morgan fingerprint density at radius 1 is 0.365 bits per heavy atom. The Kier molecular flexibility index (Phi) is 6.99. The van der Waals surface area contributed by atoms with Crippen LogP contribution in [0.2, 0.25) is 0 Å². The van der Waals surface area contributed by atoms with Crippen molar-refractivity contribution in [2.75, 3.05) is 0 Å². The van der Waals surface area contributed by atoms with E-state index in [0.717, 1.165) is 50.0 Å². The summed E-state index contributed by atoms with van der Waals surface area (Å²) < 4.78 is 28.3. The summed E-state index contributed by atoms with van der Waals surface area (Å²) in [6, 6.07) is 61.7. The summed E-state index contributed by atoms with van der Waals surface area (Å²) in [5, 5.41) is 7.42. The smallest absolute Gasteiger partial charge is 0.244 e. The van der Waals surface area contributed by atoms with E-state index in [4.69, 9.17) is 4.98 Å². The number of nitrogens with zero attached hydrogens (tertiary/aromatic N) is 1. The summed E-state index contributed by atoms with van der Waals surface area (Å²) in [6.07, 6.45) is 0. The van der Waals surface area contributed by atoms with Crippen molar-refractivity contribution in [1.29, 1.82) is 0 Å². The van der Waals surface area contributed by atoms with E-state index < -0.39 is 9.84 Å². The minimum atomic E-state index is -3.73. The quantitative estimate of drug-likeness (QED) is 0.137. The van der Waals surface area contributed by atoms with E-state index in [1.54, 1.807) is 12.1 Å². The van der Waals surface area contributed by atoms with Crippen LogP contribution in [-0.2, 0) is 9.84 Å². The van der Waals surface area contributed by atoms with Crippen LogP contribution in [0.1, 0.15) is 0 Å². The van der Waals surface area contributed by atoms with Gasteiger partial charge in [-0.05, 0) is 90.8 Å². The molecule has 9 aromatic rings. The molecule has 0 saturated carbocycles. The van der Waals surface area contributed by atoms with Gasteiger partial charge in [0.25, 0.3) is 0 Å². The van der Waals surface area contributed by atoms with Gasteiger partial charge in [-0.15, -0.1) is 0 Å². The maximum Gasteiger partial charge on any atom is 0.244 e. The van der Waals surface area contributed by atoms with Gasteiger partial charge in [-0.2, -0.15) is 0 Å². The summed E-state index contributed by atoms with van der Waals surface area (Å²) in [5.41, 5.74) is 8.23. The zero-order chi connectivity index (χ0) is 34.8. The maximum atomic E-state index is 14.1. The lowest BCUT2D eigenvalue weighted by molar-refractivity contribution is 0.597. The fourth-order valence-corrected chi connectivity index (χ4v) is 9.89. The Balaban J connectivity index is 1.05. The molecular weight excluding hydrogens is 653 g/mol. The number of fused-ring (bicyclic) bond motifs is 8. The molecule has 2 heterocycles. The monoisotopic (exact) mass is 683 g/mol. The molecule has 1 aliphatic heterocycles. The minimum absolute atomic E-state index is 0.171.